The third kappa shape index (κ3) is 3.67. The topological polar surface area (TPSA) is 15.6 Å². The summed E-state index contributed by atoms with van der Waals surface area (Å²) in [7, 11) is 4.31. The Labute approximate surface area is 104 Å². The molecule has 1 aliphatic rings. The summed E-state index contributed by atoms with van der Waals surface area (Å²) in [4.78, 5) is 6.89. The molecule has 0 aromatic heterocycles. The molecule has 0 aliphatic heterocycles. The Morgan fingerprint density at radius 3 is 2.71 bits per heavy atom. The smallest absolute Gasteiger partial charge is 0.0625 e. The summed E-state index contributed by atoms with van der Waals surface area (Å²) in [5.41, 5.74) is 1.07. The monoisotopic (exact) mass is 230 g/mol. The SMILES string of the molecule is CN(C)CC1CCCC1C=Nc1ccccc1. The summed E-state index contributed by atoms with van der Waals surface area (Å²) in [5.74, 6) is 1.45. The van der Waals surface area contributed by atoms with Gasteiger partial charge in [-0.25, -0.2) is 0 Å². The fraction of sp³-hybridized carbons (Fsp3) is 0.533. The van der Waals surface area contributed by atoms with Crippen LogP contribution in [0.2, 0.25) is 0 Å². The van der Waals surface area contributed by atoms with Crippen molar-refractivity contribution in [3.8, 4) is 0 Å². The van der Waals surface area contributed by atoms with Crippen molar-refractivity contribution in [2.24, 2.45) is 16.8 Å². The Balaban J connectivity index is 1.96. The van der Waals surface area contributed by atoms with Crippen LogP contribution in [0.3, 0.4) is 0 Å². The molecular formula is C15H22N2. The van der Waals surface area contributed by atoms with Crippen LogP contribution in [0.5, 0.6) is 0 Å². The molecule has 1 aliphatic carbocycles. The first-order chi connectivity index (χ1) is 8.25. The maximum atomic E-state index is 4.60. The van der Waals surface area contributed by atoms with Crippen LogP contribution in [0.15, 0.2) is 35.3 Å². The molecule has 0 saturated heterocycles. The zero-order valence-corrected chi connectivity index (χ0v) is 10.8. The van der Waals surface area contributed by atoms with Crippen LogP contribution in [0, 0.1) is 11.8 Å². The van der Waals surface area contributed by atoms with Crippen LogP contribution in [0.25, 0.3) is 0 Å². The van der Waals surface area contributed by atoms with Crippen molar-refractivity contribution >= 4 is 11.9 Å². The van der Waals surface area contributed by atoms with E-state index in [1.807, 2.05) is 18.2 Å². The molecule has 0 spiro atoms. The summed E-state index contributed by atoms with van der Waals surface area (Å²) < 4.78 is 0. The molecule has 2 nitrogen and oxygen atoms in total. The number of hydrogen-bond acceptors (Lipinski definition) is 2. The van der Waals surface area contributed by atoms with E-state index in [2.05, 4.69) is 42.3 Å². The minimum Gasteiger partial charge on any atom is -0.309 e. The lowest BCUT2D eigenvalue weighted by molar-refractivity contribution is 0.309. The number of hydrogen-bond donors (Lipinski definition) is 0. The van der Waals surface area contributed by atoms with Crippen molar-refractivity contribution in [3.05, 3.63) is 30.3 Å². The van der Waals surface area contributed by atoms with E-state index in [4.69, 9.17) is 0 Å². The van der Waals surface area contributed by atoms with E-state index in [0.717, 1.165) is 11.6 Å². The number of nitrogens with zero attached hydrogens (tertiary/aromatic N) is 2. The molecular weight excluding hydrogens is 208 g/mol. The normalized spacial score (nSPS) is 24.9. The summed E-state index contributed by atoms with van der Waals surface area (Å²) in [6.07, 6.45) is 6.18. The summed E-state index contributed by atoms with van der Waals surface area (Å²) in [5, 5.41) is 0. The van der Waals surface area contributed by atoms with Crippen molar-refractivity contribution in [2.45, 2.75) is 19.3 Å². The second-order valence-electron chi connectivity index (χ2n) is 5.23. The van der Waals surface area contributed by atoms with Crippen molar-refractivity contribution < 1.29 is 0 Å². The van der Waals surface area contributed by atoms with Crippen molar-refractivity contribution in [3.63, 3.8) is 0 Å². The Bertz CT molecular complexity index is 356. The van der Waals surface area contributed by atoms with Gasteiger partial charge in [0, 0.05) is 12.8 Å². The Morgan fingerprint density at radius 2 is 2.00 bits per heavy atom. The van der Waals surface area contributed by atoms with Gasteiger partial charge in [-0.3, -0.25) is 4.99 Å². The zero-order chi connectivity index (χ0) is 12.1. The molecule has 0 N–H and O–H groups in total. The van der Waals surface area contributed by atoms with E-state index < -0.39 is 0 Å². The van der Waals surface area contributed by atoms with Gasteiger partial charge in [0.1, 0.15) is 0 Å². The molecule has 1 aromatic rings. The molecule has 0 bridgehead atoms. The molecule has 0 amide bonds. The van der Waals surface area contributed by atoms with Crippen molar-refractivity contribution in [2.75, 3.05) is 20.6 Å². The van der Waals surface area contributed by atoms with E-state index in [9.17, 15) is 0 Å². The first kappa shape index (κ1) is 12.3. The van der Waals surface area contributed by atoms with Crippen LogP contribution < -0.4 is 0 Å². The highest BCUT2D eigenvalue weighted by molar-refractivity contribution is 5.66. The lowest BCUT2D eigenvalue weighted by atomic mass is 9.97. The van der Waals surface area contributed by atoms with E-state index >= 15 is 0 Å². The zero-order valence-electron chi connectivity index (χ0n) is 10.8. The third-order valence-corrected chi connectivity index (χ3v) is 3.49. The molecule has 0 radical (unpaired) electrons. The lowest BCUT2D eigenvalue weighted by Crippen LogP contribution is -2.24. The average molecular weight is 230 g/mol. The van der Waals surface area contributed by atoms with E-state index in [1.54, 1.807) is 0 Å². The number of rotatable bonds is 4. The first-order valence-electron chi connectivity index (χ1n) is 6.49. The molecule has 2 heteroatoms. The fourth-order valence-corrected chi connectivity index (χ4v) is 2.65. The van der Waals surface area contributed by atoms with Crippen LogP contribution in [-0.2, 0) is 0 Å². The molecule has 2 rings (SSSR count). The number of aliphatic imine (C=N–C) groups is 1. The molecule has 17 heavy (non-hydrogen) atoms. The van der Waals surface area contributed by atoms with Crippen LogP contribution in [0.4, 0.5) is 5.69 Å². The standard InChI is InChI=1S/C15H22N2/c1-17(2)12-14-8-6-7-13(14)11-16-15-9-4-3-5-10-15/h3-5,9-11,13-14H,6-8,12H2,1-2H3. The van der Waals surface area contributed by atoms with E-state index in [1.165, 1.54) is 25.8 Å². The quantitative estimate of drug-likeness (QED) is 0.724. The predicted molar refractivity (Wildman–Crippen MR) is 74.0 cm³/mol. The predicted octanol–water partition coefficient (Wildman–Crippen LogP) is 3.37. The van der Waals surface area contributed by atoms with Gasteiger partial charge >= 0.3 is 0 Å². The molecule has 1 saturated carbocycles. The van der Waals surface area contributed by atoms with Crippen molar-refractivity contribution in [1.82, 2.24) is 4.90 Å². The number of benzene rings is 1. The highest BCUT2D eigenvalue weighted by Gasteiger charge is 2.25. The molecule has 2 unspecified atom stereocenters. The van der Waals surface area contributed by atoms with Crippen LogP contribution >= 0.6 is 0 Å². The minimum atomic E-state index is 0.664. The summed E-state index contributed by atoms with van der Waals surface area (Å²) in [6, 6.07) is 10.2. The summed E-state index contributed by atoms with van der Waals surface area (Å²) in [6.45, 7) is 1.19. The van der Waals surface area contributed by atoms with Gasteiger partial charge in [-0.1, -0.05) is 24.6 Å². The van der Waals surface area contributed by atoms with Gasteiger partial charge < -0.3 is 4.90 Å². The van der Waals surface area contributed by atoms with Crippen LogP contribution in [0.1, 0.15) is 19.3 Å². The Morgan fingerprint density at radius 1 is 1.24 bits per heavy atom. The molecule has 2 atom stereocenters. The van der Waals surface area contributed by atoms with Gasteiger partial charge in [0.25, 0.3) is 0 Å². The highest BCUT2D eigenvalue weighted by Crippen LogP contribution is 2.31. The Kier molecular flexibility index (Phi) is 4.32. The molecule has 1 aromatic carbocycles. The maximum Gasteiger partial charge on any atom is 0.0625 e. The van der Waals surface area contributed by atoms with Gasteiger partial charge in [0.05, 0.1) is 5.69 Å². The fourth-order valence-electron chi connectivity index (χ4n) is 2.65. The first-order valence-corrected chi connectivity index (χ1v) is 6.49. The Hall–Kier alpha value is -1.15. The van der Waals surface area contributed by atoms with Gasteiger partial charge in [-0.15, -0.1) is 0 Å². The van der Waals surface area contributed by atoms with E-state index in [0.29, 0.717) is 5.92 Å². The van der Waals surface area contributed by atoms with Gasteiger partial charge in [-0.05, 0) is 50.9 Å². The van der Waals surface area contributed by atoms with Gasteiger partial charge in [0.15, 0.2) is 0 Å². The molecule has 0 heterocycles. The van der Waals surface area contributed by atoms with Crippen LogP contribution in [-0.4, -0.2) is 31.8 Å². The molecule has 1 fully saturated rings. The number of para-hydroxylation sites is 1. The second kappa shape index (κ2) is 5.97. The minimum absolute atomic E-state index is 0.664. The van der Waals surface area contributed by atoms with Crippen molar-refractivity contribution in [1.29, 1.82) is 0 Å². The highest BCUT2D eigenvalue weighted by atomic mass is 15.1. The largest absolute Gasteiger partial charge is 0.309 e. The lowest BCUT2D eigenvalue weighted by Gasteiger charge is -2.20. The second-order valence-corrected chi connectivity index (χ2v) is 5.23. The molecule has 92 valence electrons. The van der Waals surface area contributed by atoms with E-state index in [-0.39, 0.29) is 0 Å². The summed E-state index contributed by atoms with van der Waals surface area (Å²) >= 11 is 0. The average Bonchev–Trinajstić information content (AvgIpc) is 2.74. The third-order valence-electron chi connectivity index (χ3n) is 3.49. The maximum absolute atomic E-state index is 4.60. The van der Waals surface area contributed by atoms with Gasteiger partial charge in [-0.2, -0.15) is 0 Å². The van der Waals surface area contributed by atoms with Gasteiger partial charge in [0.2, 0.25) is 0 Å².